The number of thioether (sulfide) groups is 1. The predicted octanol–water partition coefficient (Wildman–Crippen LogP) is 7.31. The van der Waals surface area contributed by atoms with Gasteiger partial charge in [0.2, 0.25) is 0 Å². The SMILES string of the molecule is COc1ccc2ncc(Cl)c([C@@H](F)CCC3(CC(=O)O)CCN(CCCSC4CCCC4)CC3)c2c1. The van der Waals surface area contributed by atoms with Gasteiger partial charge in [-0.25, -0.2) is 4.39 Å². The molecule has 1 saturated heterocycles. The maximum atomic E-state index is 15.7. The Hall–Kier alpha value is -1.57. The summed E-state index contributed by atoms with van der Waals surface area (Å²) >= 11 is 8.53. The molecule has 1 atom stereocenters. The number of fused-ring (bicyclic) bond motifs is 1. The van der Waals surface area contributed by atoms with Crippen LogP contribution < -0.4 is 4.74 Å². The van der Waals surface area contributed by atoms with E-state index in [1.54, 1.807) is 25.3 Å². The fraction of sp³-hybridized carbons (Fsp3) is 0.643. The van der Waals surface area contributed by atoms with Crippen LogP contribution in [0.5, 0.6) is 5.75 Å². The number of alkyl halides is 1. The first-order valence-electron chi connectivity index (χ1n) is 13.2. The van der Waals surface area contributed by atoms with Gasteiger partial charge >= 0.3 is 5.97 Å². The Labute approximate surface area is 223 Å². The first kappa shape index (κ1) is 27.5. The lowest BCUT2D eigenvalue weighted by molar-refractivity contribution is -0.141. The number of benzene rings is 1. The number of rotatable bonds is 12. The minimum atomic E-state index is -1.30. The number of nitrogens with zero attached hydrogens (tertiary/aromatic N) is 2. The van der Waals surface area contributed by atoms with Crippen molar-refractivity contribution in [1.82, 2.24) is 9.88 Å². The molecule has 198 valence electrons. The molecule has 0 spiro atoms. The lowest BCUT2D eigenvalue weighted by Crippen LogP contribution is -2.41. The zero-order valence-corrected chi connectivity index (χ0v) is 22.8. The summed E-state index contributed by atoms with van der Waals surface area (Å²) in [5.74, 6) is 1.02. The van der Waals surface area contributed by atoms with E-state index in [0.717, 1.165) is 37.7 Å². The Kier molecular flexibility index (Phi) is 9.76. The van der Waals surface area contributed by atoms with Crippen LogP contribution in [0.25, 0.3) is 10.9 Å². The molecule has 0 bridgehead atoms. The molecule has 0 radical (unpaired) electrons. The van der Waals surface area contributed by atoms with Crippen LogP contribution >= 0.6 is 23.4 Å². The van der Waals surface area contributed by atoms with Crippen molar-refractivity contribution in [3.8, 4) is 5.75 Å². The maximum absolute atomic E-state index is 15.7. The highest BCUT2D eigenvalue weighted by molar-refractivity contribution is 7.99. The van der Waals surface area contributed by atoms with Crippen LogP contribution in [0.2, 0.25) is 5.02 Å². The van der Waals surface area contributed by atoms with E-state index >= 15 is 4.39 Å². The average molecular weight is 537 g/mol. The highest BCUT2D eigenvalue weighted by Gasteiger charge is 2.37. The number of piperidine rings is 1. The van der Waals surface area contributed by atoms with E-state index in [9.17, 15) is 9.90 Å². The van der Waals surface area contributed by atoms with Crippen LogP contribution in [0.15, 0.2) is 24.4 Å². The number of aromatic nitrogens is 1. The molecule has 1 aliphatic heterocycles. The van der Waals surface area contributed by atoms with E-state index in [1.807, 2.05) is 0 Å². The van der Waals surface area contributed by atoms with Gasteiger partial charge in [-0.05, 0) is 93.9 Å². The molecular weight excluding hydrogens is 499 g/mol. The summed E-state index contributed by atoms with van der Waals surface area (Å²) in [6.45, 7) is 2.83. The van der Waals surface area contributed by atoms with Gasteiger partial charge in [-0.15, -0.1) is 0 Å². The van der Waals surface area contributed by atoms with Gasteiger partial charge in [-0.2, -0.15) is 11.8 Å². The van der Waals surface area contributed by atoms with Crippen LogP contribution in [0.4, 0.5) is 4.39 Å². The molecule has 2 aliphatic rings. The standard InChI is InChI=1S/C28H38ClFN2O3S/c1-35-20-7-8-25-22(17-20)27(23(29)19-31-25)24(30)9-10-28(18-26(33)34)11-14-32(15-12-28)13-4-16-36-21-5-2-3-6-21/h7-8,17,19,21,24H,2-6,9-16,18H2,1H3,(H,33,34)/t24-/m0/s1. The van der Waals surface area contributed by atoms with Crippen molar-refractivity contribution in [1.29, 1.82) is 0 Å². The third-order valence-corrected chi connectivity index (χ3v) is 9.80. The topological polar surface area (TPSA) is 62.7 Å². The number of carboxylic acids is 1. The average Bonchev–Trinajstić information content (AvgIpc) is 3.39. The molecule has 1 saturated carbocycles. The number of hydrogen-bond donors (Lipinski definition) is 1. The Morgan fingerprint density at radius 2 is 2.08 bits per heavy atom. The zero-order chi connectivity index (χ0) is 25.5. The molecule has 1 aromatic heterocycles. The molecule has 2 aromatic rings. The molecule has 1 aliphatic carbocycles. The summed E-state index contributed by atoms with van der Waals surface area (Å²) in [6, 6.07) is 5.37. The second kappa shape index (κ2) is 12.8. The summed E-state index contributed by atoms with van der Waals surface area (Å²) in [4.78, 5) is 18.5. The summed E-state index contributed by atoms with van der Waals surface area (Å²) in [7, 11) is 1.57. The molecule has 0 unspecified atom stereocenters. The van der Waals surface area contributed by atoms with E-state index in [0.29, 0.717) is 33.7 Å². The van der Waals surface area contributed by atoms with Crippen LogP contribution in [0.1, 0.15) is 75.9 Å². The molecule has 1 N–H and O–H groups in total. The van der Waals surface area contributed by atoms with Gasteiger partial charge in [0.25, 0.3) is 0 Å². The van der Waals surface area contributed by atoms with Crippen molar-refractivity contribution < 1.29 is 19.0 Å². The minimum absolute atomic E-state index is 0.0870. The van der Waals surface area contributed by atoms with Crippen molar-refractivity contribution >= 4 is 40.2 Å². The van der Waals surface area contributed by atoms with Crippen molar-refractivity contribution in [3.63, 3.8) is 0 Å². The normalized spacial score (nSPS) is 19.5. The third kappa shape index (κ3) is 7.05. The summed E-state index contributed by atoms with van der Waals surface area (Å²) in [5, 5.41) is 11.4. The zero-order valence-electron chi connectivity index (χ0n) is 21.2. The molecule has 0 amide bonds. The number of carbonyl (C=O) groups is 1. The van der Waals surface area contributed by atoms with Gasteiger partial charge in [0.1, 0.15) is 11.9 Å². The van der Waals surface area contributed by atoms with E-state index in [2.05, 4.69) is 21.6 Å². The Bertz CT molecular complexity index is 1030. The van der Waals surface area contributed by atoms with E-state index in [4.69, 9.17) is 16.3 Å². The molecule has 1 aromatic carbocycles. The molecule has 2 fully saturated rings. The Morgan fingerprint density at radius 1 is 1.33 bits per heavy atom. The highest BCUT2D eigenvalue weighted by Crippen LogP contribution is 2.44. The molecule has 2 heterocycles. The Balaban J connectivity index is 1.35. The molecule has 5 nitrogen and oxygen atoms in total. The minimum Gasteiger partial charge on any atom is -0.497 e. The lowest BCUT2D eigenvalue weighted by atomic mass is 9.71. The van der Waals surface area contributed by atoms with Crippen LogP contribution in [0, 0.1) is 5.41 Å². The van der Waals surface area contributed by atoms with E-state index < -0.39 is 12.1 Å². The van der Waals surface area contributed by atoms with Crippen molar-refractivity contribution in [2.24, 2.45) is 5.41 Å². The van der Waals surface area contributed by atoms with Crippen molar-refractivity contribution in [3.05, 3.63) is 35.0 Å². The molecule has 8 heteroatoms. The number of ether oxygens (including phenoxy) is 1. The van der Waals surface area contributed by atoms with Crippen LogP contribution in [-0.2, 0) is 4.79 Å². The third-order valence-electron chi connectivity index (χ3n) is 8.03. The Morgan fingerprint density at radius 3 is 2.78 bits per heavy atom. The maximum Gasteiger partial charge on any atom is 0.303 e. The lowest BCUT2D eigenvalue weighted by Gasteiger charge is -2.41. The second-order valence-electron chi connectivity index (χ2n) is 10.5. The smallest absolute Gasteiger partial charge is 0.303 e. The van der Waals surface area contributed by atoms with Gasteiger partial charge in [-0.3, -0.25) is 9.78 Å². The summed E-state index contributed by atoms with van der Waals surface area (Å²) < 4.78 is 21.0. The van der Waals surface area contributed by atoms with E-state index in [1.165, 1.54) is 44.1 Å². The van der Waals surface area contributed by atoms with Gasteiger partial charge in [0.15, 0.2) is 0 Å². The largest absolute Gasteiger partial charge is 0.497 e. The van der Waals surface area contributed by atoms with Crippen LogP contribution in [-0.4, -0.2) is 58.7 Å². The first-order chi connectivity index (χ1) is 17.4. The number of pyridine rings is 1. The summed E-state index contributed by atoms with van der Waals surface area (Å²) in [6.07, 6.45) is 9.31. The number of carboxylic acid groups (broad SMARTS) is 1. The quantitative estimate of drug-likeness (QED) is 0.287. The second-order valence-corrected chi connectivity index (χ2v) is 12.3. The van der Waals surface area contributed by atoms with Gasteiger partial charge < -0.3 is 14.7 Å². The predicted molar refractivity (Wildman–Crippen MR) is 146 cm³/mol. The number of likely N-dealkylation sites (tertiary alicyclic amines) is 1. The first-order valence-corrected chi connectivity index (χ1v) is 14.6. The van der Waals surface area contributed by atoms with Crippen molar-refractivity contribution in [2.75, 3.05) is 32.5 Å². The molecular formula is C28H38ClFN2O3S. The van der Waals surface area contributed by atoms with E-state index in [-0.39, 0.29) is 18.3 Å². The van der Waals surface area contributed by atoms with Gasteiger partial charge in [-0.1, -0.05) is 24.4 Å². The van der Waals surface area contributed by atoms with Crippen LogP contribution in [0.3, 0.4) is 0 Å². The fourth-order valence-corrected chi connectivity index (χ4v) is 7.44. The number of halogens is 2. The monoisotopic (exact) mass is 536 g/mol. The summed E-state index contributed by atoms with van der Waals surface area (Å²) in [5.41, 5.74) is 0.707. The number of hydrogen-bond acceptors (Lipinski definition) is 5. The van der Waals surface area contributed by atoms with Crippen molar-refractivity contribution in [2.45, 2.75) is 75.6 Å². The number of methoxy groups -OCH3 is 1. The fourth-order valence-electron chi connectivity index (χ4n) is 5.87. The number of aliphatic carboxylic acids is 1. The highest BCUT2D eigenvalue weighted by atomic mass is 35.5. The van der Waals surface area contributed by atoms with Gasteiger partial charge in [0.05, 0.1) is 24.1 Å². The van der Waals surface area contributed by atoms with Gasteiger partial charge in [0, 0.05) is 22.4 Å². The molecule has 4 rings (SSSR count). The molecule has 36 heavy (non-hydrogen) atoms.